The highest BCUT2D eigenvalue weighted by Crippen LogP contribution is 2.28. The molecule has 1 aliphatic carbocycles. The maximum absolute atomic E-state index is 12.4. The standard InChI is InChI=1S/C13H18F3N3O2/c14-13(15,16)10-4-7-19(18-10)8-11(20)17-9-12(21)5-2-1-3-6-12/h4,7,21H,1-3,5-6,8-9H2,(H,17,20). The molecule has 8 heteroatoms. The number of hydrogen-bond donors (Lipinski definition) is 2. The van der Waals surface area contributed by atoms with Gasteiger partial charge in [-0.1, -0.05) is 19.3 Å². The molecule has 2 N–H and O–H groups in total. The van der Waals surface area contributed by atoms with Crippen molar-refractivity contribution in [1.29, 1.82) is 0 Å². The third kappa shape index (κ3) is 4.45. The predicted octanol–water partition coefficient (Wildman–Crippen LogP) is 1.71. The molecule has 2 rings (SSSR count). The van der Waals surface area contributed by atoms with Crippen molar-refractivity contribution in [1.82, 2.24) is 15.1 Å². The van der Waals surface area contributed by atoms with Gasteiger partial charge in [0.25, 0.3) is 0 Å². The van der Waals surface area contributed by atoms with E-state index in [-0.39, 0.29) is 13.1 Å². The van der Waals surface area contributed by atoms with E-state index in [4.69, 9.17) is 0 Å². The van der Waals surface area contributed by atoms with E-state index in [0.29, 0.717) is 12.8 Å². The number of nitrogens with one attached hydrogen (secondary N) is 1. The van der Waals surface area contributed by atoms with Gasteiger partial charge >= 0.3 is 6.18 Å². The van der Waals surface area contributed by atoms with Gasteiger partial charge < -0.3 is 10.4 Å². The molecule has 0 unspecified atom stereocenters. The van der Waals surface area contributed by atoms with Crippen LogP contribution in [0.4, 0.5) is 13.2 Å². The maximum Gasteiger partial charge on any atom is 0.435 e. The lowest BCUT2D eigenvalue weighted by atomic mass is 9.85. The molecule has 0 spiro atoms. The molecule has 1 aromatic heterocycles. The summed E-state index contributed by atoms with van der Waals surface area (Å²) in [4.78, 5) is 11.7. The summed E-state index contributed by atoms with van der Waals surface area (Å²) in [5.41, 5.74) is -1.92. The van der Waals surface area contributed by atoms with Crippen molar-refractivity contribution < 1.29 is 23.1 Å². The molecule has 1 heterocycles. The van der Waals surface area contributed by atoms with Crippen molar-refractivity contribution in [3.05, 3.63) is 18.0 Å². The highest BCUT2D eigenvalue weighted by atomic mass is 19.4. The van der Waals surface area contributed by atoms with E-state index in [9.17, 15) is 23.1 Å². The summed E-state index contributed by atoms with van der Waals surface area (Å²) in [6.07, 6.45) is 0.766. The summed E-state index contributed by atoms with van der Waals surface area (Å²) in [7, 11) is 0. The van der Waals surface area contributed by atoms with E-state index in [1.807, 2.05) is 0 Å². The zero-order valence-electron chi connectivity index (χ0n) is 11.5. The highest BCUT2D eigenvalue weighted by Gasteiger charge is 2.34. The van der Waals surface area contributed by atoms with Crippen LogP contribution in [0.5, 0.6) is 0 Å². The molecule has 21 heavy (non-hydrogen) atoms. The number of halogens is 3. The number of nitrogens with zero attached hydrogens (tertiary/aromatic N) is 2. The van der Waals surface area contributed by atoms with Gasteiger partial charge in [0.2, 0.25) is 5.91 Å². The minimum Gasteiger partial charge on any atom is -0.388 e. The van der Waals surface area contributed by atoms with Crippen molar-refractivity contribution in [3.8, 4) is 0 Å². The SMILES string of the molecule is O=C(Cn1ccc(C(F)(F)F)n1)NCC1(O)CCCCC1. The molecule has 0 radical (unpaired) electrons. The minimum absolute atomic E-state index is 0.124. The van der Waals surface area contributed by atoms with Gasteiger partial charge in [0.1, 0.15) is 6.54 Å². The van der Waals surface area contributed by atoms with Crippen LogP contribution in [0, 0.1) is 0 Å². The fraction of sp³-hybridized carbons (Fsp3) is 0.692. The summed E-state index contributed by atoms with van der Waals surface area (Å²) in [5, 5.41) is 16.1. The van der Waals surface area contributed by atoms with Crippen LogP contribution in [0.1, 0.15) is 37.8 Å². The monoisotopic (exact) mass is 305 g/mol. The summed E-state index contributed by atoms with van der Waals surface area (Å²) in [6.45, 7) is -0.175. The Bertz CT molecular complexity index is 493. The molecule has 0 bridgehead atoms. The molecule has 1 saturated carbocycles. The zero-order valence-corrected chi connectivity index (χ0v) is 11.5. The van der Waals surface area contributed by atoms with Crippen molar-refractivity contribution in [2.24, 2.45) is 0 Å². The summed E-state index contributed by atoms with van der Waals surface area (Å²) >= 11 is 0. The second kappa shape index (κ2) is 6.05. The van der Waals surface area contributed by atoms with Crippen LogP contribution in [0.2, 0.25) is 0 Å². The Morgan fingerprint density at radius 2 is 2.05 bits per heavy atom. The third-order valence-corrected chi connectivity index (χ3v) is 3.64. The molecule has 0 aliphatic heterocycles. The third-order valence-electron chi connectivity index (χ3n) is 3.64. The maximum atomic E-state index is 12.4. The van der Waals surface area contributed by atoms with E-state index in [0.717, 1.165) is 36.2 Å². The predicted molar refractivity (Wildman–Crippen MR) is 68.3 cm³/mol. The van der Waals surface area contributed by atoms with Gasteiger partial charge in [-0.2, -0.15) is 18.3 Å². The van der Waals surface area contributed by atoms with E-state index in [2.05, 4.69) is 10.4 Å². The highest BCUT2D eigenvalue weighted by molar-refractivity contribution is 5.75. The Balaban J connectivity index is 1.83. The van der Waals surface area contributed by atoms with Gasteiger partial charge in [-0.15, -0.1) is 0 Å². The molecular weight excluding hydrogens is 287 g/mol. The fourth-order valence-corrected chi connectivity index (χ4v) is 2.45. The quantitative estimate of drug-likeness (QED) is 0.890. The Kier molecular flexibility index (Phi) is 4.55. The van der Waals surface area contributed by atoms with E-state index in [1.54, 1.807) is 0 Å². The molecular formula is C13H18F3N3O2. The number of rotatable bonds is 4. The number of carbonyl (C=O) groups is 1. The average molecular weight is 305 g/mol. The number of carbonyl (C=O) groups excluding carboxylic acids is 1. The lowest BCUT2D eigenvalue weighted by Gasteiger charge is -2.32. The second-order valence-electron chi connectivity index (χ2n) is 5.46. The van der Waals surface area contributed by atoms with E-state index in [1.165, 1.54) is 0 Å². The Hall–Kier alpha value is -1.57. The van der Waals surface area contributed by atoms with Gasteiger partial charge in [0.05, 0.1) is 5.60 Å². The molecule has 0 saturated heterocycles. The zero-order chi connectivity index (χ0) is 15.5. The average Bonchev–Trinajstić information content (AvgIpc) is 2.86. The van der Waals surface area contributed by atoms with Crippen molar-refractivity contribution in [2.75, 3.05) is 6.54 Å². The van der Waals surface area contributed by atoms with Crippen LogP contribution in [0.15, 0.2) is 12.3 Å². The number of aliphatic hydroxyl groups is 1. The van der Waals surface area contributed by atoms with Gasteiger partial charge in [0, 0.05) is 12.7 Å². The first-order valence-corrected chi connectivity index (χ1v) is 6.88. The molecule has 118 valence electrons. The van der Waals surface area contributed by atoms with Crippen LogP contribution in [-0.2, 0) is 17.5 Å². The first kappa shape index (κ1) is 15.8. The topological polar surface area (TPSA) is 67.2 Å². The van der Waals surface area contributed by atoms with Crippen LogP contribution >= 0.6 is 0 Å². The van der Waals surface area contributed by atoms with Crippen molar-refractivity contribution in [3.63, 3.8) is 0 Å². The van der Waals surface area contributed by atoms with Crippen LogP contribution < -0.4 is 5.32 Å². The van der Waals surface area contributed by atoms with Crippen molar-refractivity contribution in [2.45, 2.75) is 50.4 Å². The lowest BCUT2D eigenvalue weighted by Crippen LogP contribution is -2.45. The Morgan fingerprint density at radius 3 is 2.62 bits per heavy atom. The largest absolute Gasteiger partial charge is 0.435 e. The summed E-state index contributed by atoms with van der Waals surface area (Å²) in [6, 6.07) is 0.821. The first-order valence-electron chi connectivity index (χ1n) is 6.88. The Morgan fingerprint density at radius 1 is 1.38 bits per heavy atom. The second-order valence-corrected chi connectivity index (χ2v) is 5.46. The van der Waals surface area contributed by atoms with Crippen LogP contribution in [-0.4, -0.2) is 32.9 Å². The number of alkyl halides is 3. The van der Waals surface area contributed by atoms with Crippen LogP contribution in [0.25, 0.3) is 0 Å². The minimum atomic E-state index is -4.51. The molecule has 0 atom stereocenters. The fourth-order valence-electron chi connectivity index (χ4n) is 2.45. The molecule has 1 amide bonds. The number of amides is 1. The van der Waals surface area contributed by atoms with Crippen LogP contribution in [0.3, 0.4) is 0 Å². The lowest BCUT2D eigenvalue weighted by molar-refractivity contribution is -0.141. The van der Waals surface area contributed by atoms with Crippen molar-refractivity contribution >= 4 is 5.91 Å². The summed E-state index contributed by atoms with van der Waals surface area (Å²) < 4.78 is 38.0. The smallest absolute Gasteiger partial charge is 0.388 e. The van der Waals surface area contributed by atoms with Gasteiger partial charge in [-0.25, -0.2) is 0 Å². The van der Waals surface area contributed by atoms with Gasteiger partial charge in [0.15, 0.2) is 5.69 Å². The molecule has 1 fully saturated rings. The molecule has 1 aromatic rings. The summed E-state index contributed by atoms with van der Waals surface area (Å²) in [5.74, 6) is -0.467. The Labute approximate surface area is 120 Å². The van der Waals surface area contributed by atoms with E-state index < -0.39 is 23.4 Å². The number of hydrogen-bond acceptors (Lipinski definition) is 3. The molecule has 5 nitrogen and oxygen atoms in total. The molecule has 0 aromatic carbocycles. The van der Waals surface area contributed by atoms with E-state index >= 15 is 0 Å². The normalized spacial score (nSPS) is 18.5. The first-order chi connectivity index (χ1) is 9.78. The number of aromatic nitrogens is 2. The van der Waals surface area contributed by atoms with Gasteiger partial charge in [-0.05, 0) is 18.9 Å². The van der Waals surface area contributed by atoms with Gasteiger partial charge in [-0.3, -0.25) is 9.48 Å². The molecule has 1 aliphatic rings.